The van der Waals surface area contributed by atoms with Gasteiger partial charge in [-0.15, -0.1) is 10.2 Å². The second kappa shape index (κ2) is 9.19. The summed E-state index contributed by atoms with van der Waals surface area (Å²) in [5, 5.41) is 10.1. The van der Waals surface area contributed by atoms with Crippen LogP contribution in [0.2, 0.25) is 0 Å². The van der Waals surface area contributed by atoms with E-state index in [9.17, 15) is 13.2 Å². The zero-order valence-electron chi connectivity index (χ0n) is 16.9. The molecule has 3 rings (SSSR count). The molecular weight excluding hydrogens is 410 g/mol. The van der Waals surface area contributed by atoms with Gasteiger partial charge in [0, 0.05) is 31.2 Å². The zero-order chi connectivity index (χ0) is 21.0. The maximum Gasteiger partial charge on any atom is 0.270 e. The summed E-state index contributed by atoms with van der Waals surface area (Å²) in [6.45, 7) is 7.88. The van der Waals surface area contributed by atoms with Crippen LogP contribution in [0.1, 0.15) is 51.6 Å². The first-order valence-corrected chi connectivity index (χ1v) is 12.1. The van der Waals surface area contributed by atoms with Crippen molar-refractivity contribution in [2.24, 2.45) is 5.92 Å². The second-order valence-electron chi connectivity index (χ2n) is 7.38. The Bertz CT molecular complexity index is 935. The number of carbonyl (C=O) groups excluding carboxylic acids is 1. The lowest BCUT2D eigenvalue weighted by atomic mass is 9.98. The summed E-state index contributed by atoms with van der Waals surface area (Å²) in [5.74, 6) is 0.533. The zero-order valence-corrected chi connectivity index (χ0v) is 18.5. The van der Waals surface area contributed by atoms with Gasteiger partial charge in [-0.2, -0.15) is 0 Å². The van der Waals surface area contributed by atoms with Crippen LogP contribution in [0.15, 0.2) is 28.6 Å². The number of anilines is 2. The first kappa shape index (κ1) is 21.7. The number of carbonyl (C=O) groups is 1. The molecule has 0 bridgehead atoms. The number of benzene rings is 1. The van der Waals surface area contributed by atoms with E-state index in [4.69, 9.17) is 0 Å². The van der Waals surface area contributed by atoms with Gasteiger partial charge in [0.15, 0.2) is 0 Å². The quantitative estimate of drug-likeness (QED) is 0.645. The van der Waals surface area contributed by atoms with Crippen molar-refractivity contribution < 1.29 is 13.2 Å². The Morgan fingerprint density at radius 2 is 1.90 bits per heavy atom. The van der Waals surface area contributed by atoms with Crippen LogP contribution in [0, 0.1) is 5.92 Å². The Morgan fingerprint density at radius 3 is 2.52 bits per heavy atom. The largest absolute Gasteiger partial charge is 0.372 e. The highest BCUT2D eigenvalue weighted by Gasteiger charge is 2.24. The summed E-state index contributed by atoms with van der Waals surface area (Å²) >= 11 is 0.831. The highest BCUT2D eigenvalue weighted by atomic mass is 32.2. The van der Waals surface area contributed by atoms with Crippen molar-refractivity contribution in [1.29, 1.82) is 0 Å². The van der Waals surface area contributed by atoms with Crippen LogP contribution < -0.4 is 14.9 Å². The standard InChI is InChI=1S/C19H27N5O3S2/c1-4-17(25)20-18-21-22-19(28-18)29(26,27)23-14(3)15-5-7-16(8-6-15)24-11-9-13(2)10-12-24/h5-8,13-14,23H,4,9-12H2,1-3H3,(H,20,21,25)/t14-/m1/s1. The molecule has 2 aromatic rings. The Hall–Kier alpha value is -2.04. The van der Waals surface area contributed by atoms with Crippen molar-refractivity contribution in [3.63, 3.8) is 0 Å². The minimum absolute atomic E-state index is 0.171. The van der Waals surface area contributed by atoms with Gasteiger partial charge in [0.25, 0.3) is 10.0 Å². The smallest absolute Gasteiger partial charge is 0.270 e. The number of piperidine rings is 1. The fourth-order valence-electron chi connectivity index (χ4n) is 3.17. The molecule has 1 fully saturated rings. The van der Waals surface area contributed by atoms with E-state index in [1.54, 1.807) is 13.8 Å². The number of nitrogens with zero attached hydrogens (tertiary/aromatic N) is 3. The normalized spacial score (nSPS) is 16.6. The summed E-state index contributed by atoms with van der Waals surface area (Å²) in [6, 6.07) is 7.56. The number of sulfonamides is 1. The number of rotatable bonds is 7. The Balaban J connectivity index is 1.64. The van der Waals surface area contributed by atoms with Crippen LogP contribution >= 0.6 is 11.3 Å². The van der Waals surface area contributed by atoms with Gasteiger partial charge in [0.1, 0.15) is 0 Å². The second-order valence-corrected chi connectivity index (χ2v) is 10.2. The highest BCUT2D eigenvalue weighted by Crippen LogP contribution is 2.26. The van der Waals surface area contributed by atoms with Crippen molar-refractivity contribution in [2.45, 2.75) is 50.4 Å². The van der Waals surface area contributed by atoms with Gasteiger partial charge in [-0.25, -0.2) is 13.1 Å². The van der Waals surface area contributed by atoms with Gasteiger partial charge < -0.3 is 10.2 Å². The third-order valence-electron chi connectivity index (χ3n) is 5.08. The van der Waals surface area contributed by atoms with Crippen LogP contribution in [0.5, 0.6) is 0 Å². The molecule has 1 atom stereocenters. The maximum atomic E-state index is 12.6. The number of amides is 1. The predicted molar refractivity (Wildman–Crippen MR) is 115 cm³/mol. The molecule has 1 aliphatic heterocycles. The van der Waals surface area contributed by atoms with Gasteiger partial charge in [0.05, 0.1) is 0 Å². The lowest BCUT2D eigenvalue weighted by molar-refractivity contribution is -0.115. The Kier molecular flexibility index (Phi) is 6.86. The maximum absolute atomic E-state index is 12.6. The van der Waals surface area contributed by atoms with Crippen LogP contribution in [0.3, 0.4) is 0 Å². The SMILES string of the molecule is CCC(=O)Nc1nnc(S(=O)(=O)N[C@H](C)c2ccc(N3CCC(C)CC3)cc2)s1. The summed E-state index contributed by atoms with van der Waals surface area (Å²) in [4.78, 5) is 13.8. The molecule has 0 radical (unpaired) electrons. The van der Waals surface area contributed by atoms with E-state index in [1.165, 1.54) is 12.8 Å². The molecular formula is C19H27N5O3S2. The molecule has 29 heavy (non-hydrogen) atoms. The third kappa shape index (κ3) is 5.52. The monoisotopic (exact) mass is 437 g/mol. The molecule has 0 spiro atoms. The molecule has 8 nitrogen and oxygen atoms in total. The third-order valence-corrected chi connectivity index (χ3v) is 7.82. The Labute approximate surface area is 175 Å². The first-order valence-electron chi connectivity index (χ1n) is 9.79. The fourth-order valence-corrected chi connectivity index (χ4v) is 5.33. The molecule has 1 aromatic carbocycles. The minimum atomic E-state index is -3.83. The van der Waals surface area contributed by atoms with Crippen LogP contribution in [-0.2, 0) is 14.8 Å². The van der Waals surface area contributed by atoms with Crippen molar-refractivity contribution in [3.05, 3.63) is 29.8 Å². The van der Waals surface area contributed by atoms with Crippen LogP contribution in [0.25, 0.3) is 0 Å². The van der Waals surface area contributed by atoms with Gasteiger partial charge in [-0.05, 0) is 43.4 Å². The van der Waals surface area contributed by atoms with Gasteiger partial charge in [-0.3, -0.25) is 4.79 Å². The molecule has 158 valence electrons. The minimum Gasteiger partial charge on any atom is -0.372 e. The van der Waals surface area contributed by atoms with E-state index in [0.717, 1.165) is 41.6 Å². The van der Waals surface area contributed by atoms with Crippen LogP contribution in [0.4, 0.5) is 10.8 Å². The van der Waals surface area contributed by atoms with Crippen molar-refractivity contribution in [2.75, 3.05) is 23.3 Å². The lowest BCUT2D eigenvalue weighted by Crippen LogP contribution is -2.32. The van der Waals surface area contributed by atoms with Crippen molar-refractivity contribution in [1.82, 2.24) is 14.9 Å². The van der Waals surface area contributed by atoms with Crippen molar-refractivity contribution in [3.8, 4) is 0 Å². The lowest BCUT2D eigenvalue weighted by Gasteiger charge is -2.32. The molecule has 0 unspecified atom stereocenters. The van der Waals surface area contributed by atoms with Gasteiger partial charge >= 0.3 is 0 Å². The van der Waals surface area contributed by atoms with Gasteiger partial charge in [0.2, 0.25) is 15.4 Å². The van der Waals surface area contributed by atoms with Crippen LogP contribution in [-0.4, -0.2) is 37.6 Å². The molecule has 10 heteroatoms. The molecule has 2 heterocycles. The predicted octanol–water partition coefficient (Wildman–Crippen LogP) is 3.16. The molecule has 0 saturated carbocycles. The molecule has 2 N–H and O–H groups in total. The summed E-state index contributed by atoms with van der Waals surface area (Å²) < 4.78 is 27.7. The fraction of sp³-hybridized carbons (Fsp3) is 0.526. The van der Waals surface area contributed by atoms with Gasteiger partial charge in [-0.1, -0.05) is 37.3 Å². The topological polar surface area (TPSA) is 104 Å². The molecule has 1 saturated heterocycles. The number of aromatic nitrogens is 2. The Morgan fingerprint density at radius 1 is 1.24 bits per heavy atom. The van der Waals surface area contributed by atoms with Crippen molar-refractivity contribution >= 4 is 38.1 Å². The highest BCUT2D eigenvalue weighted by molar-refractivity contribution is 7.91. The van der Waals surface area contributed by atoms with E-state index >= 15 is 0 Å². The molecule has 1 amide bonds. The average molecular weight is 438 g/mol. The summed E-state index contributed by atoms with van der Waals surface area (Å²) in [7, 11) is -3.83. The first-order chi connectivity index (χ1) is 13.8. The number of hydrogen-bond donors (Lipinski definition) is 2. The van der Waals surface area contributed by atoms with E-state index in [2.05, 4.69) is 32.1 Å². The van der Waals surface area contributed by atoms with E-state index in [-0.39, 0.29) is 21.8 Å². The molecule has 0 aliphatic carbocycles. The summed E-state index contributed by atoms with van der Waals surface area (Å²) in [5.41, 5.74) is 2.03. The molecule has 1 aromatic heterocycles. The van der Waals surface area contributed by atoms with E-state index in [1.807, 2.05) is 24.3 Å². The van der Waals surface area contributed by atoms with E-state index < -0.39 is 16.1 Å². The molecule has 1 aliphatic rings. The summed E-state index contributed by atoms with van der Waals surface area (Å²) in [6.07, 6.45) is 2.67. The number of nitrogens with one attached hydrogen (secondary N) is 2. The van der Waals surface area contributed by atoms with E-state index in [0.29, 0.717) is 0 Å². The average Bonchev–Trinajstić information content (AvgIpc) is 3.18. The number of hydrogen-bond acceptors (Lipinski definition) is 7.